The monoisotopic (exact) mass is 513 g/mol. The predicted molar refractivity (Wildman–Crippen MR) is 152 cm³/mol. The third-order valence-corrected chi connectivity index (χ3v) is 6.65. The zero-order valence-electron chi connectivity index (χ0n) is 22.0. The van der Waals surface area contributed by atoms with Crippen molar-refractivity contribution in [3.63, 3.8) is 0 Å². The summed E-state index contributed by atoms with van der Waals surface area (Å²) in [6.45, 7) is 6.00. The molecule has 6 rings (SSSR count). The lowest BCUT2D eigenvalue weighted by molar-refractivity contribution is -0.115. The van der Waals surface area contributed by atoms with Gasteiger partial charge in [-0.3, -0.25) is 4.79 Å². The van der Waals surface area contributed by atoms with Crippen molar-refractivity contribution >= 4 is 22.8 Å². The molecule has 0 radical (unpaired) electrons. The Morgan fingerprint density at radius 2 is 1.62 bits per heavy atom. The van der Waals surface area contributed by atoms with Gasteiger partial charge in [0, 0.05) is 6.07 Å². The molecule has 39 heavy (non-hydrogen) atoms. The first-order chi connectivity index (χ1) is 19.0. The van der Waals surface area contributed by atoms with Crippen LogP contribution in [0.25, 0.3) is 33.7 Å². The van der Waals surface area contributed by atoms with Gasteiger partial charge in [-0.25, -0.2) is 14.6 Å². The van der Waals surface area contributed by atoms with E-state index in [1.165, 1.54) is 11.9 Å². The normalized spacial score (nSPS) is 11.2. The van der Waals surface area contributed by atoms with Gasteiger partial charge in [0.25, 0.3) is 0 Å². The Morgan fingerprint density at radius 1 is 0.846 bits per heavy atom. The number of benzene rings is 3. The molecule has 1 amide bonds. The number of hydrogen-bond acceptors (Lipinski definition) is 5. The molecule has 0 fully saturated rings. The number of hydrogen-bond donors (Lipinski definition) is 1. The maximum Gasteiger partial charge on any atom is 0.229 e. The van der Waals surface area contributed by atoms with Crippen molar-refractivity contribution in [1.29, 1.82) is 0 Å². The van der Waals surface area contributed by atoms with Crippen molar-refractivity contribution in [2.75, 3.05) is 5.32 Å². The maximum atomic E-state index is 13.0. The second kappa shape index (κ2) is 9.98. The number of amides is 1. The van der Waals surface area contributed by atoms with Crippen molar-refractivity contribution < 1.29 is 4.79 Å². The van der Waals surface area contributed by atoms with Crippen LogP contribution in [0.4, 0.5) is 5.82 Å². The molecule has 8 heteroatoms. The van der Waals surface area contributed by atoms with Crippen LogP contribution in [0.5, 0.6) is 0 Å². The summed E-state index contributed by atoms with van der Waals surface area (Å²) in [5.74, 6) is 0.948. The first-order valence-corrected chi connectivity index (χ1v) is 12.7. The fourth-order valence-corrected chi connectivity index (χ4v) is 4.79. The minimum absolute atomic E-state index is 0.139. The van der Waals surface area contributed by atoms with Crippen molar-refractivity contribution in [3.8, 4) is 22.6 Å². The Kier molecular flexibility index (Phi) is 6.20. The van der Waals surface area contributed by atoms with E-state index in [0.717, 1.165) is 39.0 Å². The third kappa shape index (κ3) is 4.80. The van der Waals surface area contributed by atoms with Crippen LogP contribution in [0.15, 0.2) is 91.4 Å². The molecule has 3 heterocycles. The van der Waals surface area contributed by atoms with Gasteiger partial charge in [0.1, 0.15) is 12.1 Å². The molecular formula is C31H27N7O. The lowest BCUT2D eigenvalue weighted by Gasteiger charge is -2.10. The van der Waals surface area contributed by atoms with E-state index in [9.17, 15) is 4.79 Å². The summed E-state index contributed by atoms with van der Waals surface area (Å²) < 4.78 is 3.45. The van der Waals surface area contributed by atoms with E-state index >= 15 is 0 Å². The summed E-state index contributed by atoms with van der Waals surface area (Å²) in [5.41, 5.74) is 7.83. The highest BCUT2D eigenvalue weighted by Crippen LogP contribution is 2.26. The molecule has 0 unspecified atom stereocenters. The van der Waals surface area contributed by atoms with E-state index < -0.39 is 0 Å². The van der Waals surface area contributed by atoms with Crippen molar-refractivity contribution in [2.24, 2.45) is 0 Å². The first kappa shape index (κ1) is 24.2. The molecule has 0 saturated carbocycles. The summed E-state index contributed by atoms with van der Waals surface area (Å²) in [6, 6.07) is 26.3. The highest BCUT2D eigenvalue weighted by molar-refractivity contribution is 5.92. The SMILES string of the molecule is Cc1ccc(-n2ncc3c(-n4nc(C)cc4NC(=O)Cc4ccc(-c5ccccc5)cc4)ncnc32)c(C)c1. The quantitative estimate of drug-likeness (QED) is 0.305. The fraction of sp³-hybridized carbons (Fsp3) is 0.129. The number of carbonyl (C=O) groups is 1. The molecule has 0 saturated heterocycles. The van der Waals surface area contributed by atoms with Gasteiger partial charge in [-0.05, 0) is 49.1 Å². The highest BCUT2D eigenvalue weighted by Gasteiger charge is 2.18. The van der Waals surface area contributed by atoms with Crippen LogP contribution in [0.3, 0.4) is 0 Å². The molecule has 0 atom stereocenters. The number of nitrogens with one attached hydrogen (secondary N) is 1. The van der Waals surface area contributed by atoms with E-state index in [1.54, 1.807) is 10.9 Å². The maximum absolute atomic E-state index is 13.0. The number of carbonyl (C=O) groups excluding carboxylic acids is 1. The molecule has 0 aliphatic carbocycles. The average molecular weight is 514 g/mol. The second-order valence-electron chi connectivity index (χ2n) is 9.65. The molecule has 3 aromatic carbocycles. The number of aromatic nitrogens is 6. The Labute approximate surface area is 226 Å². The summed E-state index contributed by atoms with van der Waals surface area (Å²) >= 11 is 0. The summed E-state index contributed by atoms with van der Waals surface area (Å²) in [5, 5.41) is 13.0. The van der Waals surface area contributed by atoms with Gasteiger partial charge in [-0.15, -0.1) is 0 Å². The largest absolute Gasteiger partial charge is 0.310 e. The Bertz CT molecular complexity index is 1800. The Morgan fingerprint density at radius 3 is 2.38 bits per heavy atom. The van der Waals surface area contributed by atoms with Gasteiger partial charge < -0.3 is 5.32 Å². The zero-order valence-corrected chi connectivity index (χ0v) is 22.0. The first-order valence-electron chi connectivity index (χ1n) is 12.7. The van der Waals surface area contributed by atoms with Gasteiger partial charge in [0.15, 0.2) is 11.5 Å². The molecule has 0 bridgehead atoms. The van der Waals surface area contributed by atoms with Crippen molar-refractivity contribution in [2.45, 2.75) is 27.2 Å². The molecule has 3 aromatic heterocycles. The molecule has 1 N–H and O–H groups in total. The predicted octanol–water partition coefficient (Wildman–Crippen LogP) is 5.77. The molecule has 192 valence electrons. The highest BCUT2D eigenvalue weighted by atomic mass is 16.1. The number of rotatable bonds is 6. The number of aryl methyl sites for hydroxylation is 3. The lowest BCUT2D eigenvalue weighted by atomic mass is 10.0. The molecule has 0 aliphatic rings. The van der Waals surface area contributed by atoms with Crippen LogP contribution in [-0.2, 0) is 11.2 Å². The van der Waals surface area contributed by atoms with Crippen LogP contribution in [0.2, 0.25) is 0 Å². The second-order valence-corrected chi connectivity index (χ2v) is 9.65. The molecule has 8 nitrogen and oxygen atoms in total. The number of anilines is 1. The van der Waals surface area contributed by atoms with Gasteiger partial charge in [0.2, 0.25) is 5.91 Å². The third-order valence-electron chi connectivity index (χ3n) is 6.65. The zero-order chi connectivity index (χ0) is 26.9. The van der Waals surface area contributed by atoms with Gasteiger partial charge >= 0.3 is 0 Å². The van der Waals surface area contributed by atoms with Crippen LogP contribution in [0, 0.1) is 20.8 Å². The minimum Gasteiger partial charge on any atom is -0.310 e. The van der Waals surface area contributed by atoms with Crippen LogP contribution in [0.1, 0.15) is 22.4 Å². The topological polar surface area (TPSA) is 90.5 Å². The molecule has 6 aromatic rings. The summed E-state index contributed by atoms with van der Waals surface area (Å²) in [7, 11) is 0. The molecule has 0 spiro atoms. The van der Waals surface area contributed by atoms with Crippen LogP contribution >= 0.6 is 0 Å². The van der Waals surface area contributed by atoms with Gasteiger partial charge in [-0.2, -0.15) is 14.9 Å². The Hall–Kier alpha value is -5.11. The lowest BCUT2D eigenvalue weighted by Crippen LogP contribution is -2.17. The average Bonchev–Trinajstić information content (AvgIpc) is 3.52. The van der Waals surface area contributed by atoms with E-state index in [4.69, 9.17) is 0 Å². The van der Waals surface area contributed by atoms with E-state index in [0.29, 0.717) is 17.3 Å². The summed E-state index contributed by atoms with van der Waals surface area (Å²) in [4.78, 5) is 22.1. The van der Waals surface area contributed by atoms with Crippen molar-refractivity contribution in [1.82, 2.24) is 29.5 Å². The summed E-state index contributed by atoms with van der Waals surface area (Å²) in [6.07, 6.45) is 3.47. The smallest absolute Gasteiger partial charge is 0.229 e. The number of nitrogens with zero attached hydrogens (tertiary/aromatic N) is 6. The van der Waals surface area contributed by atoms with Crippen molar-refractivity contribution in [3.05, 3.63) is 114 Å². The van der Waals surface area contributed by atoms with Gasteiger partial charge in [-0.1, -0.05) is 72.3 Å². The number of fused-ring (bicyclic) bond motifs is 1. The fourth-order valence-electron chi connectivity index (χ4n) is 4.79. The molecular weight excluding hydrogens is 486 g/mol. The van der Waals surface area contributed by atoms with E-state index in [-0.39, 0.29) is 12.3 Å². The minimum atomic E-state index is -0.139. The van der Waals surface area contributed by atoms with Crippen LogP contribution < -0.4 is 5.32 Å². The van der Waals surface area contributed by atoms with Gasteiger partial charge in [0.05, 0.1) is 29.4 Å². The molecule has 0 aliphatic heterocycles. The van der Waals surface area contributed by atoms with E-state index in [2.05, 4.69) is 63.6 Å². The van der Waals surface area contributed by atoms with Crippen LogP contribution in [-0.4, -0.2) is 35.4 Å². The van der Waals surface area contributed by atoms with E-state index in [1.807, 2.05) is 66.2 Å². The Balaban J connectivity index is 1.27. The standard InChI is InChI=1S/C31H27N7O/c1-20-9-14-27(21(2)15-20)37-30-26(18-34-37)31(33-19-32-30)38-28(16-22(3)36-38)35-29(39)17-23-10-12-25(13-11-23)24-7-5-4-6-8-24/h4-16,18-19H,17H2,1-3H3,(H,35,39).